The van der Waals surface area contributed by atoms with Crippen LogP contribution in [0.3, 0.4) is 0 Å². The number of pyridine rings is 1. The Morgan fingerprint density at radius 3 is 2.95 bits per heavy atom. The number of benzene rings is 1. The maximum Gasteiger partial charge on any atom is 0.284 e. The highest BCUT2D eigenvalue weighted by Crippen LogP contribution is 2.30. The van der Waals surface area contributed by atoms with Crippen molar-refractivity contribution in [2.75, 3.05) is 6.61 Å². The summed E-state index contributed by atoms with van der Waals surface area (Å²) in [5.74, 6) is 0.838. The summed E-state index contributed by atoms with van der Waals surface area (Å²) in [5, 5.41) is 3.87. The smallest absolute Gasteiger partial charge is 0.284 e. The van der Waals surface area contributed by atoms with E-state index in [1.54, 1.807) is 30.6 Å². The SMILES string of the molecule is O=C(N/N=C/c1cccnc1)[C@@H]1COc2ccccc2O1. The molecule has 0 bridgehead atoms. The molecule has 6 heteroatoms. The zero-order valence-electron chi connectivity index (χ0n) is 11.1. The molecule has 0 saturated carbocycles. The molecule has 21 heavy (non-hydrogen) atoms. The van der Waals surface area contributed by atoms with Crippen LogP contribution in [0.25, 0.3) is 0 Å². The third-order valence-electron chi connectivity index (χ3n) is 2.87. The number of para-hydroxylation sites is 2. The molecule has 3 rings (SSSR count). The van der Waals surface area contributed by atoms with Crippen LogP contribution in [0.1, 0.15) is 5.56 Å². The van der Waals surface area contributed by atoms with Crippen LogP contribution in [0.4, 0.5) is 0 Å². The summed E-state index contributed by atoms with van der Waals surface area (Å²) in [6, 6.07) is 10.8. The van der Waals surface area contributed by atoms with Crippen LogP contribution in [-0.4, -0.2) is 29.8 Å². The Bertz CT molecular complexity index is 658. The lowest BCUT2D eigenvalue weighted by atomic mass is 10.2. The van der Waals surface area contributed by atoms with Crippen LogP contribution in [0.5, 0.6) is 11.5 Å². The summed E-state index contributed by atoms with van der Waals surface area (Å²) in [4.78, 5) is 15.9. The number of hydrogen-bond acceptors (Lipinski definition) is 5. The molecule has 1 aromatic carbocycles. The van der Waals surface area contributed by atoms with Gasteiger partial charge in [-0.25, -0.2) is 5.43 Å². The lowest BCUT2D eigenvalue weighted by Crippen LogP contribution is -2.42. The Hall–Kier alpha value is -2.89. The fraction of sp³-hybridized carbons (Fsp3) is 0.133. The third-order valence-corrected chi connectivity index (χ3v) is 2.87. The van der Waals surface area contributed by atoms with E-state index in [0.29, 0.717) is 11.5 Å². The number of carbonyl (C=O) groups is 1. The molecule has 0 saturated heterocycles. The van der Waals surface area contributed by atoms with Crippen LogP contribution in [0.15, 0.2) is 53.9 Å². The summed E-state index contributed by atoms with van der Waals surface area (Å²) in [7, 11) is 0. The molecule has 1 aliphatic heterocycles. The monoisotopic (exact) mass is 283 g/mol. The molecule has 0 radical (unpaired) electrons. The largest absolute Gasteiger partial charge is 0.485 e. The number of carbonyl (C=O) groups excluding carboxylic acids is 1. The van der Waals surface area contributed by atoms with Gasteiger partial charge in [-0.05, 0) is 18.2 Å². The first-order valence-corrected chi connectivity index (χ1v) is 6.44. The lowest BCUT2D eigenvalue weighted by Gasteiger charge is -2.24. The molecule has 0 spiro atoms. The first-order valence-electron chi connectivity index (χ1n) is 6.44. The highest BCUT2D eigenvalue weighted by Gasteiger charge is 2.26. The number of hydrogen-bond donors (Lipinski definition) is 1. The van der Waals surface area contributed by atoms with Gasteiger partial charge < -0.3 is 9.47 Å². The molecule has 2 aromatic rings. The van der Waals surface area contributed by atoms with E-state index in [4.69, 9.17) is 9.47 Å². The Morgan fingerprint density at radius 2 is 2.14 bits per heavy atom. The topological polar surface area (TPSA) is 72.8 Å². The van der Waals surface area contributed by atoms with Gasteiger partial charge in [0.25, 0.3) is 5.91 Å². The normalized spacial score (nSPS) is 16.7. The second-order valence-corrected chi connectivity index (χ2v) is 4.38. The van der Waals surface area contributed by atoms with E-state index in [9.17, 15) is 4.79 Å². The molecular formula is C15H13N3O3. The van der Waals surface area contributed by atoms with Gasteiger partial charge in [-0.1, -0.05) is 18.2 Å². The number of rotatable bonds is 3. The van der Waals surface area contributed by atoms with E-state index in [1.165, 1.54) is 6.21 Å². The van der Waals surface area contributed by atoms with E-state index in [1.807, 2.05) is 18.2 Å². The second-order valence-electron chi connectivity index (χ2n) is 4.38. The first kappa shape index (κ1) is 13.1. The van der Waals surface area contributed by atoms with Crippen LogP contribution in [0.2, 0.25) is 0 Å². The molecule has 0 fully saturated rings. The predicted molar refractivity (Wildman–Crippen MR) is 76.3 cm³/mol. The molecule has 0 unspecified atom stereocenters. The van der Waals surface area contributed by atoms with Crippen LogP contribution < -0.4 is 14.9 Å². The quantitative estimate of drug-likeness (QED) is 0.682. The van der Waals surface area contributed by atoms with Crippen molar-refractivity contribution in [1.82, 2.24) is 10.4 Å². The van der Waals surface area contributed by atoms with Crippen molar-refractivity contribution in [2.24, 2.45) is 5.10 Å². The number of nitrogens with zero attached hydrogens (tertiary/aromatic N) is 2. The molecule has 1 atom stereocenters. The molecule has 106 valence electrons. The van der Waals surface area contributed by atoms with Crippen molar-refractivity contribution in [3.8, 4) is 11.5 Å². The highest BCUT2D eigenvalue weighted by molar-refractivity contribution is 5.84. The van der Waals surface area contributed by atoms with Crippen molar-refractivity contribution in [1.29, 1.82) is 0 Å². The fourth-order valence-electron chi connectivity index (χ4n) is 1.84. The van der Waals surface area contributed by atoms with E-state index in [-0.39, 0.29) is 12.5 Å². The number of hydrazone groups is 1. The first-order chi connectivity index (χ1) is 10.3. The van der Waals surface area contributed by atoms with Crippen molar-refractivity contribution in [3.05, 3.63) is 54.4 Å². The minimum Gasteiger partial charge on any atom is -0.485 e. The van der Waals surface area contributed by atoms with Crippen molar-refractivity contribution in [3.63, 3.8) is 0 Å². The van der Waals surface area contributed by atoms with Gasteiger partial charge in [-0.2, -0.15) is 5.10 Å². The van der Waals surface area contributed by atoms with Gasteiger partial charge in [0.2, 0.25) is 6.10 Å². The van der Waals surface area contributed by atoms with Gasteiger partial charge in [0.1, 0.15) is 6.61 Å². The zero-order valence-corrected chi connectivity index (χ0v) is 11.1. The summed E-state index contributed by atoms with van der Waals surface area (Å²) in [5.41, 5.74) is 3.22. The molecule has 0 aliphatic carbocycles. The molecule has 1 aromatic heterocycles. The fourth-order valence-corrected chi connectivity index (χ4v) is 1.84. The van der Waals surface area contributed by atoms with E-state index in [0.717, 1.165) is 5.56 Å². The minimum absolute atomic E-state index is 0.158. The van der Waals surface area contributed by atoms with Gasteiger partial charge in [0.15, 0.2) is 11.5 Å². The zero-order chi connectivity index (χ0) is 14.5. The molecule has 1 amide bonds. The number of amides is 1. The van der Waals surface area contributed by atoms with Gasteiger partial charge in [-0.15, -0.1) is 0 Å². The summed E-state index contributed by atoms with van der Waals surface area (Å²) in [6.45, 7) is 0.158. The Kier molecular flexibility index (Phi) is 3.77. The van der Waals surface area contributed by atoms with E-state index in [2.05, 4.69) is 15.5 Å². The van der Waals surface area contributed by atoms with Crippen molar-refractivity contribution < 1.29 is 14.3 Å². The molecular weight excluding hydrogens is 270 g/mol. The van der Waals surface area contributed by atoms with Gasteiger partial charge in [0.05, 0.1) is 6.21 Å². The molecule has 1 aliphatic rings. The van der Waals surface area contributed by atoms with Gasteiger partial charge in [-0.3, -0.25) is 9.78 Å². The summed E-state index contributed by atoms with van der Waals surface area (Å²) < 4.78 is 11.0. The highest BCUT2D eigenvalue weighted by atomic mass is 16.6. The van der Waals surface area contributed by atoms with Gasteiger partial charge in [0, 0.05) is 18.0 Å². The maximum absolute atomic E-state index is 12.0. The Morgan fingerprint density at radius 1 is 1.29 bits per heavy atom. The Labute approximate surface area is 121 Å². The Balaban J connectivity index is 1.59. The van der Waals surface area contributed by atoms with E-state index < -0.39 is 6.10 Å². The molecule has 6 nitrogen and oxygen atoms in total. The van der Waals surface area contributed by atoms with E-state index >= 15 is 0 Å². The number of aromatic nitrogens is 1. The predicted octanol–water partition coefficient (Wildman–Crippen LogP) is 1.37. The standard InChI is InChI=1S/C15H13N3O3/c19-15(18-17-9-11-4-3-7-16-8-11)14-10-20-12-5-1-2-6-13(12)21-14/h1-9,14H,10H2,(H,18,19)/b17-9+/t14-/m0/s1. The minimum atomic E-state index is -0.717. The number of ether oxygens (including phenoxy) is 2. The number of fused-ring (bicyclic) bond motifs is 1. The maximum atomic E-state index is 12.0. The average molecular weight is 283 g/mol. The second kappa shape index (κ2) is 6.04. The van der Waals surface area contributed by atoms with Crippen LogP contribution in [-0.2, 0) is 4.79 Å². The van der Waals surface area contributed by atoms with Crippen molar-refractivity contribution >= 4 is 12.1 Å². The summed E-state index contributed by atoms with van der Waals surface area (Å²) >= 11 is 0. The third kappa shape index (κ3) is 3.17. The molecule has 2 heterocycles. The summed E-state index contributed by atoms with van der Waals surface area (Å²) in [6.07, 6.45) is 4.11. The van der Waals surface area contributed by atoms with Crippen LogP contribution in [0, 0.1) is 0 Å². The molecule has 1 N–H and O–H groups in total. The van der Waals surface area contributed by atoms with Gasteiger partial charge >= 0.3 is 0 Å². The van der Waals surface area contributed by atoms with Crippen LogP contribution >= 0.6 is 0 Å². The lowest BCUT2D eigenvalue weighted by molar-refractivity contribution is -0.130. The average Bonchev–Trinajstić information content (AvgIpc) is 2.55. The number of nitrogens with one attached hydrogen (secondary N) is 1. The van der Waals surface area contributed by atoms with Crippen molar-refractivity contribution in [2.45, 2.75) is 6.10 Å².